The molecule has 0 aliphatic heterocycles. The van der Waals surface area contributed by atoms with Crippen LogP contribution in [0.4, 0.5) is 4.39 Å². The van der Waals surface area contributed by atoms with E-state index in [9.17, 15) is 34.2 Å². The van der Waals surface area contributed by atoms with Gasteiger partial charge in [0.1, 0.15) is 11.6 Å². The predicted octanol–water partition coefficient (Wildman–Crippen LogP) is 0.771. The summed E-state index contributed by atoms with van der Waals surface area (Å²) < 4.78 is 16.1. The zero-order valence-corrected chi connectivity index (χ0v) is 23.3. The highest BCUT2D eigenvalue weighted by Crippen LogP contribution is 2.51. The van der Waals surface area contributed by atoms with Gasteiger partial charge in [0.05, 0.1) is 17.5 Å². The smallest absolute Gasteiger partial charge is 0.235 e. The molecule has 1 aromatic carbocycles. The van der Waals surface area contributed by atoms with Gasteiger partial charge in [0.15, 0.2) is 34.7 Å². The first-order valence-corrected chi connectivity index (χ1v) is 14.5. The number of fused-ring (bicyclic) bond motifs is 3. The summed E-state index contributed by atoms with van der Waals surface area (Å²) in [7, 11) is 3.04. The number of hydrogen-bond donors (Lipinski definition) is 3. The van der Waals surface area contributed by atoms with E-state index in [4.69, 9.17) is 5.73 Å². The molecular weight excluding hydrogens is 533 g/mol. The Kier molecular flexibility index (Phi) is 6.70. The first kappa shape index (κ1) is 28.1. The topological polar surface area (TPSA) is 158 Å². The number of carbonyl (C=O) groups excluding carboxylic acids is 5. The van der Waals surface area contributed by atoms with Gasteiger partial charge < -0.3 is 15.9 Å². The van der Waals surface area contributed by atoms with Crippen molar-refractivity contribution >= 4 is 29.0 Å². The maximum absolute atomic E-state index is 16.1. The monoisotopic (exact) mass is 569 g/mol. The van der Waals surface area contributed by atoms with Crippen LogP contribution in [0.25, 0.3) is 0 Å². The lowest BCUT2D eigenvalue weighted by atomic mass is 9.52. The van der Waals surface area contributed by atoms with Crippen molar-refractivity contribution in [3.05, 3.63) is 28.6 Å². The second-order valence-electron chi connectivity index (χ2n) is 13.0. The molecular formula is C30H36FN3O7. The Morgan fingerprint density at radius 1 is 1.12 bits per heavy atom. The van der Waals surface area contributed by atoms with E-state index in [1.165, 1.54) is 25.1 Å². The van der Waals surface area contributed by atoms with Gasteiger partial charge in [0, 0.05) is 36.2 Å². The van der Waals surface area contributed by atoms with Crippen molar-refractivity contribution < 1.29 is 38.6 Å². The average molecular weight is 570 g/mol. The maximum atomic E-state index is 16.1. The molecule has 5 aliphatic rings. The number of phenolic OH excluding ortho intramolecular Hbond substituents is 1. The molecule has 4 N–H and O–H groups in total. The Balaban J connectivity index is 1.38. The Morgan fingerprint density at radius 3 is 2.37 bits per heavy atom. The van der Waals surface area contributed by atoms with Crippen molar-refractivity contribution in [2.24, 2.45) is 35.3 Å². The molecule has 0 radical (unpaired) electrons. The molecule has 4 saturated carbocycles. The highest BCUT2D eigenvalue weighted by molar-refractivity contribution is 6.32. The van der Waals surface area contributed by atoms with Crippen molar-refractivity contribution in [1.82, 2.24) is 9.80 Å². The summed E-state index contributed by atoms with van der Waals surface area (Å²) in [5.41, 5.74) is 2.55. The lowest BCUT2D eigenvalue weighted by molar-refractivity contribution is -0.181. The molecule has 0 spiro atoms. The first-order chi connectivity index (χ1) is 19.4. The summed E-state index contributed by atoms with van der Waals surface area (Å²) in [4.78, 5) is 69.9. The zero-order valence-electron chi connectivity index (χ0n) is 23.3. The van der Waals surface area contributed by atoms with Crippen molar-refractivity contribution in [3.8, 4) is 5.75 Å². The zero-order chi connectivity index (χ0) is 29.5. The average Bonchev–Trinajstić information content (AvgIpc) is 3.67. The number of carbonyl (C=O) groups is 5. The molecule has 6 unspecified atom stereocenters. The molecule has 5 aliphatic carbocycles. The van der Waals surface area contributed by atoms with Crippen LogP contribution in [0.1, 0.15) is 60.0 Å². The molecule has 1 aromatic rings. The maximum Gasteiger partial charge on any atom is 0.235 e. The van der Waals surface area contributed by atoms with E-state index in [0.29, 0.717) is 18.5 Å². The van der Waals surface area contributed by atoms with E-state index in [1.807, 2.05) is 0 Å². The number of rotatable bonds is 7. The molecule has 0 heterocycles. The number of aliphatic hydroxyl groups is 1. The van der Waals surface area contributed by atoms with Crippen LogP contribution in [0.5, 0.6) is 5.75 Å². The molecule has 11 heteroatoms. The minimum atomic E-state index is -2.79. The second-order valence-corrected chi connectivity index (χ2v) is 13.0. The van der Waals surface area contributed by atoms with Crippen LogP contribution in [0.2, 0.25) is 0 Å². The summed E-state index contributed by atoms with van der Waals surface area (Å²) in [5.74, 6) is -11.5. The van der Waals surface area contributed by atoms with Crippen molar-refractivity contribution in [2.45, 2.75) is 69.2 Å². The van der Waals surface area contributed by atoms with Gasteiger partial charge in [-0.2, -0.15) is 0 Å². The van der Waals surface area contributed by atoms with Gasteiger partial charge >= 0.3 is 0 Å². The number of likely N-dealkylation sites (N-methyl/N-ethyl adjacent to an activating group) is 1. The summed E-state index contributed by atoms with van der Waals surface area (Å²) >= 11 is 0. The van der Waals surface area contributed by atoms with Crippen molar-refractivity contribution in [3.63, 3.8) is 0 Å². The molecule has 6 atom stereocenters. The number of benzene rings is 1. The fourth-order valence-corrected chi connectivity index (χ4v) is 7.77. The highest BCUT2D eigenvalue weighted by atomic mass is 19.1. The van der Waals surface area contributed by atoms with Gasteiger partial charge in [-0.1, -0.05) is 6.42 Å². The number of aromatic hydroxyl groups is 1. The van der Waals surface area contributed by atoms with E-state index in [2.05, 4.69) is 4.90 Å². The molecule has 0 aromatic heterocycles. The van der Waals surface area contributed by atoms with Crippen LogP contribution < -0.4 is 5.73 Å². The largest absolute Gasteiger partial charge is 0.507 e. The Labute approximate surface area is 237 Å². The van der Waals surface area contributed by atoms with E-state index in [0.717, 1.165) is 38.6 Å². The summed E-state index contributed by atoms with van der Waals surface area (Å²) in [6.45, 7) is 1.16. The highest BCUT2D eigenvalue weighted by Gasteiger charge is 2.69. The number of nitrogens with zero attached hydrogens (tertiary/aromatic N) is 2. The summed E-state index contributed by atoms with van der Waals surface area (Å²) in [6, 6.07) is 0.423. The fourth-order valence-electron chi connectivity index (χ4n) is 7.77. The normalized spacial score (nSPS) is 33.5. The molecule has 0 bridgehead atoms. The third-order valence-electron chi connectivity index (χ3n) is 10.2. The molecule has 4 fully saturated rings. The fraction of sp³-hybridized carbons (Fsp3) is 0.633. The number of hydrogen-bond acceptors (Lipinski definition) is 9. The van der Waals surface area contributed by atoms with Crippen LogP contribution in [-0.4, -0.2) is 87.4 Å². The number of Topliss-reactive ketones (excluding diaryl/α,β-unsaturated/α-hetero) is 4. The van der Waals surface area contributed by atoms with Crippen LogP contribution in [0.15, 0.2) is 6.07 Å². The first-order valence-electron chi connectivity index (χ1n) is 14.5. The Morgan fingerprint density at radius 2 is 1.80 bits per heavy atom. The van der Waals surface area contributed by atoms with Crippen LogP contribution in [-0.2, 0) is 32.1 Å². The van der Waals surface area contributed by atoms with E-state index < -0.39 is 75.9 Å². The molecule has 220 valence electrons. The van der Waals surface area contributed by atoms with Crippen molar-refractivity contribution in [1.29, 1.82) is 0 Å². The number of phenols is 1. The lowest BCUT2D eigenvalue weighted by Gasteiger charge is -2.52. The van der Waals surface area contributed by atoms with Gasteiger partial charge in [0.25, 0.3) is 0 Å². The van der Waals surface area contributed by atoms with E-state index >= 15 is 4.39 Å². The van der Waals surface area contributed by atoms with Gasteiger partial charge in [0.2, 0.25) is 5.91 Å². The number of halogens is 1. The molecule has 6 rings (SSSR count). The van der Waals surface area contributed by atoms with Crippen LogP contribution in [0.3, 0.4) is 0 Å². The molecule has 1 amide bonds. The van der Waals surface area contributed by atoms with Gasteiger partial charge in [-0.3, -0.25) is 33.8 Å². The van der Waals surface area contributed by atoms with E-state index in [-0.39, 0.29) is 29.5 Å². The number of amides is 1. The standard InChI is InChI=1S/C30H36FN3O7/c1-33(2)24-18-9-14-8-17-21(25(36)20(14)27(38)30(18,41)28(39)22(26(24)37)29(32)40)19(35)10-15(23(17)31)12-34(11-13-6-7-13)16-4-3-5-16/h10,13-14,16,18,20,22,24,35,41H,3-9,11-12H2,1-2H3,(H2,32,40). The van der Waals surface area contributed by atoms with E-state index in [1.54, 1.807) is 0 Å². The van der Waals surface area contributed by atoms with Crippen LogP contribution >= 0.6 is 0 Å². The lowest BCUT2D eigenvalue weighted by Crippen LogP contribution is -2.74. The summed E-state index contributed by atoms with van der Waals surface area (Å²) in [5, 5.41) is 22.6. The van der Waals surface area contributed by atoms with Crippen LogP contribution in [0, 0.1) is 35.4 Å². The minimum absolute atomic E-state index is 0.0225. The molecule has 0 saturated heterocycles. The third-order valence-corrected chi connectivity index (χ3v) is 10.2. The number of ketones is 4. The number of primary amides is 1. The quantitative estimate of drug-likeness (QED) is 0.403. The van der Waals surface area contributed by atoms with Gasteiger partial charge in [-0.25, -0.2) is 4.39 Å². The number of nitrogens with two attached hydrogens (primary N) is 1. The summed E-state index contributed by atoms with van der Waals surface area (Å²) in [6.07, 6.45) is 5.33. The molecule has 10 nitrogen and oxygen atoms in total. The minimum Gasteiger partial charge on any atom is -0.507 e. The van der Waals surface area contributed by atoms with Gasteiger partial charge in [-0.15, -0.1) is 0 Å². The Hall–Kier alpha value is -3.02. The third kappa shape index (κ3) is 4.19. The predicted molar refractivity (Wildman–Crippen MR) is 142 cm³/mol. The Bertz CT molecular complexity index is 1370. The van der Waals surface area contributed by atoms with Gasteiger partial charge in [-0.05, 0) is 70.5 Å². The SMILES string of the molecule is CN(C)C1C(=O)C(C(N)=O)C(=O)C2(O)C(=O)C3C(=O)c4c(O)cc(CN(CC5CC5)C5CCC5)c(F)c4CC3CC12. The van der Waals surface area contributed by atoms with Crippen molar-refractivity contribution in [2.75, 3.05) is 20.6 Å². The molecule has 41 heavy (non-hydrogen) atoms. The second kappa shape index (κ2) is 9.78.